The Balaban J connectivity index is 2.36. The van der Waals surface area contributed by atoms with Gasteiger partial charge in [0.25, 0.3) is 0 Å². The van der Waals surface area contributed by atoms with Crippen LogP contribution in [0.1, 0.15) is 24.5 Å². The molecule has 1 aromatic heterocycles. The van der Waals surface area contributed by atoms with Crippen molar-refractivity contribution < 1.29 is 10.2 Å². The first-order valence-corrected chi connectivity index (χ1v) is 4.60. The number of thiophene rings is 1. The standard InChI is InChI=1S/C8H12O2S/c9-4-1-2-8(10)7-3-5-11-6-7/h3,5-6,8-10H,1-2,4H2. The van der Waals surface area contributed by atoms with Crippen molar-refractivity contribution in [2.75, 3.05) is 6.61 Å². The minimum absolute atomic E-state index is 0.154. The number of hydrogen-bond donors (Lipinski definition) is 2. The van der Waals surface area contributed by atoms with E-state index < -0.39 is 6.10 Å². The summed E-state index contributed by atoms with van der Waals surface area (Å²) >= 11 is 1.58. The largest absolute Gasteiger partial charge is 0.396 e. The van der Waals surface area contributed by atoms with E-state index in [-0.39, 0.29) is 6.61 Å². The molecule has 0 aliphatic heterocycles. The first-order valence-electron chi connectivity index (χ1n) is 3.65. The van der Waals surface area contributed by atoms with Crippen molar-refractivity contribution in [1.29, 1.82) is 0 Å². The van der Waals surface area contributed by atoms with E-state index in [1.165, 1.54) is 0 Å². The highest BCUT2D eigenvalue weighted by Gasteiger charge is 2.05. The van der Waals surface area contributed by atoms with Gasteiger partial charge in [-0.2, -0.15) is 11.3 Å². The first-order chi connectivity index (χ1) is 5.34. The highest BCUT2D eigenvalue weighted by molar-refractivity contribution is 7.07. The summed E-state index contributed by atoms with van der Waals surface area (Å²) in [5, 5.41) is 21.8. The topological polar surface area (TPSA) is 40.5 Å². The van der Waals surface area contributed by atoms with Gasteiger partial charge in [-0.05, 0) is 35.2 Å². The molecule has 0 saturated heterocycles. The third-order valence-electron chi connectivity index (χ3n) is 1.56. The highest BCUT2D eigenvalue weighted by Crippen LogP contribution is 2.19. The lowest BCUT2D eigenvalue weighted by atomic mass is 10.1. The van der Waals surface area contributed by atoms with Gasteiger partial charge < -0.3 is 10.2 Å². The predicted octanol–water partition coefficient (Wildman–Crippen LogP) is 1.55. The number of hydrogen-bond acceptors (Lipinski definition) is 3. The zero-order valence-corrected chi connectivity index (χ0v) is 7.05. The molecule has 0 amide bonds. The van der Waals surface area contributed by atoms with Gasteiger partial charge in [0.2, 0.25) is 0 Å². The van der Waals surface area contributed by atoms with E-state index in [0.717, 1.165) is 5.56 Å². The van der Waals surface area contributed by atoms with Crippen molar-refractivity contribution in [3.05, 3.63) is 22.4 Å². The monoisotopic (exact) mass is 172 g/mol. The molecule has 1 heterocycles. The summed E-state index contributed by atoms with van der Waals surface area (Å²) in [5.74, 6) is 0. The fraction of sp³-hybridized carbons (Fsp3) is 0.500. The van der Waals surface area contributed by atoms with Crippen LogP contribution in [0.25, 0.3) is 0 Å². The van der Waals surface area contributed by atoms with E-state index in [0.29, 0.717) is 12.8 Å². The smallest absolute Gasteiger partial charge is 0.0798 e. The minimum atomic E-state index is -0.395. The van der Waals surface area contributed by atoms with Gasteiger partial charge in [0.15, 0.2) is 0 Å². The van der Waals surface area contributed by atoms with E-state index in [9.17, 15) is 5.11 Å². The molecule has 11 heavy (non-hydrogen) atoms. The molecule has 0 radical (unpaired) electrons. The fourth-order valence-corrected chi connectivity index (χ4v) is 1.62. The van der Waals surface area contributed by atoms with Gasteiger partial charge in [0, 0.05) is 6.61 Å². The summed E-state index contributed by atoms with van der Waals surface area (Å²) in [6.07, 6.45) is 0.915. The van der Waals surface area contributed by atoms with E-state index in [4.69, 9.17) is 5.11 Å². The fourth-order valence-electron chi connectivity index (χ4n) is 0.916. The van der Waals surface area contributed by atoms with Crippen LogP contribution >= 0.6 is 11.3 Å². The minimum Gasteiger partial charge on any atom is -0.396 e. The summed E-state index contributed by atoms with van der Waals surface area (Å²) in [4.78, 5) is 0. The Labute approximate surface area is 70.1 Å². The number of aliphatic hydroxyl groups excluding tert-OH is 2. The van der Waals surface area contributed by atoms with E-state index >= 15 is 0 Å². The number of rotatable bonds is 4. The first kappa shape index (κ1) is 8.71. The lowest BCUT2D eigenvalue weighted by molar-refractivity contribution is 0.152. The second-order valence-corrected chi connectivity index (χ2v) is 3.22. The van der Waals surface area contributed by atoms with Crippen LogP contribution in [0.5, 0.6) is 0 Å². The van der Waals surface area contributed by atoms with Crippen molar-refractivity contribution in [3.8, 4) is 0 Å². The molecule has 0 aliphatic rings. The Hall–Kier alpha value is -0.380. The van der Waals surface area contributed by atoms with Crippen molar-refractivity contribution in [2.24, 2.45) is 0 Å². The van der Waals surface area contributed by atoms with E-state index in [1.807, 2.05) is 16.8 Å². The molecule has 2 N–H and O–H groups in total. The van der Waals surface area contributed by atoms with E-state index in [2.05, 4.69) is 0 Å². The van der Waals surface area contributed by atoms with Crippen molar-refractivity contribution in [1.82, 2.24) is 0 Å². The van der Waals surface area contributed by atoms with Crippen LogP contribution in [0.15, 0.2) is 16.8 Å². The van der Waals surface area contributed by atoms with Gasteiger partial charge in [-0.3, -0.25) is 0 Å². The predicted molar refractivity (Wildman–Crippen MR) is 45.6 cm³/mol. The average Bonchev–Trinajstić information content (AvgIpc) is 2.52. The molecule has 0 fully saturated rings. The molecule has 3 heteroatoms. The Kier molecular flexibility index (Phi) is 3.56. The normalized spacial score (nSPS) is 13.3. The molecule has 62 valence electrons. The Morgan fingerprint density at radius 3 is 2.91 bits per heavy atom. The van der Waals surface area contributed by atoms with Crippen LogP contribution < -0.4 is 0 Å². The maximum Gasteiger partial charge on any atom is 0.0798 e. The molecule has 0 bridgehead atoms. The highest BCUT2D eigenvalue weighted by atomic mass is 32.1. The SMILES string of the molecule is OCCCC(O)c1ccsc1. The average molecular weight is 172 g/mol. The lowest BCUT2D eigenvalue weighted by Gasteiger charge is -2.05. The van der Waals surface area contributed by atoms with Crippen LogP contribution in [-0.2, 0) is 0 Å². The summed E-state index contributed by atoms with van der Waals surface area (Å²) < 4.78 is 0. The molecule has 0 aromatic carbocycles. The molecule has 0 saturated carbocycles. The molecule has 1 atom stereocenters. The lowest BCUT2D eigenvalue weighted by Crippen LogP contribution is -1.96. The Bertz CT molecular complexity index is 184. The molecule has 1 rings (SSSR count). The van der Waals surface area contributed by atoms with Crippen LogP contribution in [-0.4, -0.2) is 16.8 Å². The second kappa shape index (κ2) is 4.49. The number of aliphatic hydroxyl groups is 2. The van der Waals surface area contributed by atoms with Crippen LogP contribution in [0.4, 0.5) is 0 Å². The molecule has 0 aliphatic carbocycles. The maximum atomic E-state index is 9.44. The van der Waals surface area contributed by atoms with Crippen molar-refractivity contribution in [3.63, 3.8) is 0 Å². The summed E-state index contributed by atoms with van der Waals surface area (Å²) in [6.45, 7) is 0.154. The van der Waals surface area contributed by atoms with Gasteiger partial charge in [-0.15, -0.1) is 0 Å². The van der Waals surface area contributed by atoms with Gasteiger partial charge in [0.05, 0.1) is 6.10 Å². The Morgan fingerprint density at radius 1 is 1.55 bits per heavy atom. The van der Waals surface area contributed by atoms with Crippen molar-refractivity contribution >= 4 is 11.3 Å². The molecular formula is C8H12O2S. The van der Waals surface area contributed by atoms with Crippen LogP contribution in [0, 0.1) is 0 Å². The van der Waals surface area contributed by atoms with Crippen LogP contribution in [0.2, 0.25) is 0 Å². The third kappa shape index (κ3) is 2.61. The molecule has 0 spiro atoms. The molecule has 1 aromatic rings. The summed E-state index contributed by atoms with van der Waals surface area (Å²) in [6, 6.07) is 1.91. The van der Waals surface area contributed by atoms with Gasteiger partial charge in [-0.1, -0.05) is 0 Å². The second-order valence-electron chi connectivity index (χ2n) is 2.44. The Morgan fingerprint density at radius 2 is 2.36 bits per heavy atom. The maximum absolute atomic E-state index is 9.44. The van der Waals surface area contributed by atoms with Gasteiger partial charge in [-0.25, -0.2) is 0 Å². The quantitative estimate of drug-likeness (QED) is 0.723. The molecule has 1 unspecified atom stereocenters. The zero-order chi connectivity index (χ0) is 8.10. The van der Waals surface area contributed by atoms with Gasteiger partial charge >= 0.3 is 0 Å². The summed E-state index contributed by atoms with van der Waals surface area (Å²) in [7, 11) is 0. The third-order valence-corrected chi connectivity index (χ3v) is 2.27. The van der Waals surface area contributed by atoms with Gasteiger partial charge in [0.1, 0.15) is 0 Å². The molecular weight excluding hydrogens is 160 g/mol. The van der Waals surface area contributed by atoms with Crippen molar-refractivity contribution in [2.45, 2.75) is 18.9 Å². The summed E-state index contributed by atoms with van der Waals surface area (Å²) in [5.41, 5.74) is 0.962. The van der Waals surface area contributed by atoms with E-state index in [1.54, 1.807) is 11.3 Å². The molecule has 2 nitrogen and oxygen atoms in total. The van der Waals surface area contributed by atoms with Crippen LogP contribution in [0.3, 0.4) is 0 Å². The zero-order valence-electron chi connectivity index (χ0n) is 6.23.